The van der Waals surface area contributed by atoms with Crippen LogP contribution >= 0.6 is 0 Å². The van der Waals surface area contributed by atoms with Crippen LogP contribution in [0.5, 0.6) is 0 Å². The molecular formula is C12H21NO4. The van der Waals surface area contributed by atoms with Crippen molar-refractivity contribution >= 4 is 6.09 Å². The second-order valence-electron chi connectivity index (χ2n) is 6.10. The van der Waals surface area contributed by atoms with Crippen molar-refractivity contribution in [3.8, 4) is 0 Å². The average molecular weight is 243 g/mol. The number of aliphatic hydroxyl groups excluding tert-OH is 1. The van der Waals surface area contributed by atoms with Gasteiger partial charge in [-0.1, -0.05) is 0 Å². The highest BCUT2D eigenvalue weighted by Gasteiger charge is 2.50. The normalized spacial score (nSPS) is 36.7. The second kappa shape index (κ2) is 4.14. The minimum absolute atomic E-state index is 0.107. The van der Waals surface area contributed by atoms with Crippen LogP contribution < -0.4 is 5.32 Å². The van der Waals surface area contributed by atoms with Crippen LogP contribution in [0.25, 0.3) is 0 Å². The summed E-state index contributed by atoms with van der Waals surface area (Å²) < 4.78 is 10.7. The van der Waals surface area contributed by atoms with Gasteiger partial charge in [-0.25, -0.2) is 4.79 Å². The van der Waals surface area contributed by atoms with Crippen molar-refractivity contribution in [2.45, 2.75) is 63.4 Å². The van der Waals surface area contributed by atoms with Crippen molar-refractivity contribution in [1.29, 1.82) is 0 Å². The molecule has 1 aliphatic carbocycles. The van der Waals surface area contributed by atoms with Crippen LogP contribution in [0.2, 0.25) is 0 Å². The van der Waals surface area contributed by atoms with Crippen LogP contribution in [0, 0.1) is 0 Å². The third-order valence-corrected chi connectivity index (χ3v) is 3.15. The molecule has 0 radical (unpaired) electrons. The van der Waals surface area contributed by atoms with Gasteiger partial charge in [0.1, 0.15) is 5.60 Å². The Labute approximate surface area is 101 Å². The number of ether oxygens (including phenoxy) is 2. The molecule has 1 aliphatic heterocycles. The average Bonchev–Trinajstić information content (AvgIpc) is 2.43. The Hall–Kier alpha value is -0.810. The minimum Gasteiger partial charge on any atom is -0.444 e. The number of carbonyl (C=O) groups is 1. The summed E-state index contributed by atoms with van der Waals surface area (Å²) in [5.74, 6) is 0. The molecule has 1 saturated heterocycles. The van der Waals surface area contributed by atoms with Gasteiger partial charge in [0.2, 0.25) is 0 Å². The van der Waals surface area contributed by atoms with E-state index in [9.17, 15) is 9.90 Å². The molecule has 5 heteroatoms. The van der Waals surface area contributed by atoms with E-state index in [1.165, 1.54) is 0 Å². The van der Waals surface area contributed by atoms with Gasteiger partial charge in [-0.2, -0.15) is 0 Å². The topological polar surface area (TPSA) is 67.8 Å². The summed E-state index contributed by atoms with van der Waals surface area (Å²) in [6, 6.07) is 0.107. The van der Waals surface area contributed by atoms with Crippen LogP contribution in [-0.4, -0.2) is 41.2 Å². The molecule has 2 fully saturated rings. The number of hydrogen-bond donors (Lipinski definition) is 2. The highest BCUT2D eigenvalue weighted by atomic mass is 16.6. The molecule has 1 heterocycles. The molecule has 0 aromatic carbocycles. The molecule has 2 aliphatic rings. The maximum Gasteiger partial charge on any atom is 0.407 e. The lowest BCUT2D eigenvalue weighted by molar-refractivity contribution is -0.0758. The summed E-state index contributed by atoms with van der Waals surface area (Å²) >= 11 is 0. The molecule has 1 amide bonds. The summed E-state index contributed by atoms with van der Waals surface area (Å²) in [7, 11) is 0. The first-order valence-electron chi connectivity index (χ1n) is 6.10. The van der Waals surface area contributed by atoms with Gasteiger partial charge in [-0.3, -0.25) is 0 Å². The Morgan fingerprint density at radius 3 is 2.53 bits per heavy atom. The lowest BCUT2D eigenvalue weighted by Gasteiger charge is -2.44. The van der Waals surface area contributed by atoms with Gasteiger partial charge in [-0.05, 0) is 33.6 Å². The van der Waals surface area contributed by atoms with E-state index in [1.54, 1.807) is 0 Å². The van der Waals surface area contributed by atoms with Gasteiger partial charge in [0.15, 0.2) is 0 Å². The van der Waals surface area contributed by atoms with Crippen molar-refractivity contribution in [3.63, 3.8) is 0 Å². The zero-order valence-electron chi connectivity index (χ0n) is 10.7. The van der Waals surface area contributed by atoms with E-state index < -0.39 is 5.60 Å². The summed E-state index contributed by atoms with van der Waals surface area (Å²) in [6.07, 6.45) is 1.49. The highest BCUT2D eigenvalue weighted by Crippen LogP contribution is 2.43. The Morgan fingerprint density at radius 2 is 2.06 bits per heavy atom. The number of carbonyl (C=O) groups excluding carboxylic acids is 1. The van der Waals surface area contributed by atoms with Crippen molar-refractivity contribution in [2.24, 2.45) is 0 Å². The molecule has 2 rings (SSSR count). The van der Waals surface area contributed by atoms with E-state index in [1.807, 2.05) is 20.8 Å². The van der Waals surface area contributed by atoms with Crippen molar-refractivity contribution in [1.82, 2.24) is 5.32 Å². The smallest absolute Gasteiger partial charge is 0.407 e. The van der Waals surface area contributed by atoms with Crippen molar-refractivity contribution in [2.75, 3.05) is 6.61 Å². The van der Waals surface area contributed by atoms with Crippen LogP contribution in [0.4, 0.5) is 4.79 Å². The van der Waals surface area contributed by atoms with Crippen LogP contribution in [0.15, 0.2) is 0 Å². The Morgan fingerprint density at radius 1 is 1.41 bits per heavy atom. The zero-order chi connectivity index (χ0) is 12.7. The molecule has 1 spiro atoms. The Kier molecular flexibility index (Phi) is 3.08. The molecule has 0 bridgehead atoms. The number of nitrogens with one attached hydrogen (secondary N) is 1. The van der Waals surface area contributed by atoms with Crippen molar-refractivity contribution in [3.05, 3.63) is 0 Å². The molecule has 0 aromatic heterocycles. The largest absolute Gasteiger partial charge is 0.444 e. The maximum absolute atomic E-state index is 11.5. The molecule has 1 saturated carbocycles. The molecule has 0 aromatic rings. The first-order valence-corrected chi connectivity index (χ1v) is 6.10. The van der Waals surface area contributed by atoms with Gasteiger partial charge in [0.05, 0.1) is 18.3 Å². The molecule has 17 heavy (non-hydrogen) atoms. The number of alkyl carbamates (subject to hydrolysis) is 1. The van der Waals surface area contributed by atoms with Gasteiger partial charge in [-0.15, -0.1) is 0 Å². The summed E-state index contributed by atoms with van der Waals surface area (Å²) in [5.41, 5.74) is -0.662. The fourth-order valence-electron chi connectivity index (χ4n) is 2.52. The van der Waals surface area contributed by atoms with Crippen molar-refractivity contribution < 1.29 is 19.4 Å². The molecular weight excluding hydrogens is 222 g/mol. The molecule has 1 unspecified atom stereocenters. The maximum atomic E-state index is 11.5. The predicted molar refractivity (Wildman–Crippen MR) is 61.7 cm³/mol. The quantitative estimate of drug-likeness (QED) is 0.726. The van der Waals surface area contributed by atoms with Gasteiger partial charge < -0.3 is 19.9 Å². The fourth-order valence-corrected chi connectivity index (χ4v) is 2.52. The number of aliphatic hydroxyl groups is 1. The monoisotopic (exact) mass is 243 g/mol. The Balaban J connectivity index is 1.72. The molecule has 1 atom stereocenters. The summed E-state index contributed by atoms with van der Waals surface area (Å²) in [6.45, 7) is 5.93. The van der Waals surface area contributed by atoms with Crippen LogP contribution in [-0.2, 0) is 9.47 Å². The van der Waals surface area contributed by atoms with E-state index in [2.05, 4.69) is 5.32 Å². The molecule has 5 nitrogen and oxygen atoms in total. The molecule has 98 valence electrons. The molecule has 2 N–H and O–H groups in total. The van der Waals surface area contributed by atoms with Gasteiger partial charge in [0, 0.05) is 12.5 Å². The van der Waals surface area contributed by atoms with E-state index in [0.717, 1.165) is 12.8 Å². The highest BCUT2D eigenvalue weighted by molar-refractivity contribution is 5.68. The van der Waals surface area contributed by atoms with Crippen LogP contribution in [0.1, 0.15) is 40.0 Å². The van der Waals surface area contributed by atoms with Gasteiger partial charge in [0.25, 0.3) is 0 Å². The van der Waals surface area contributed by atoms with E-state index in [4.69, 9.17) is 9.47 Å². The lowest BCUT2D eigenvalue weighted by atomic mass is 9.73. The summed E-state index contributed by atoms with van der Waals surface area (Å²) in [5, 5.41) is 12.2. The first kappa shape index (κ1) is 12.6. The summed E-state index contributed by atoms with van der Waals surface area (Å²) in [4.78, 5) is 11.5. The van der Waals surface area contributed by atoms with E-state index in [0.29, 0.717) is 13.0 Å². The SMILES string of the molecule is CC(C)(C)OC(=O)NC1CC2(CC(O)CO2)C1. The second-order valence-corrected chi connectivity index (χ2v) is 6.10. The fraction of sp³-hybridized carbons (Fsp3) is 0.917. The number of hydrogen-bond acceptors (Lipinski definition) is 4. The van der Waals surface area contributed by atoms with Crippen LogP contribution in [0.3, 0.4) is 0 Å². The number of rotatable bonds is 1. The van der Waals surface area contributed by atoms with E-state index >= 15 is 0 Å². The first-order chi connectivity index (χ1) is 7.78. The third kappa shape index (κ3) is 3.10. The van der Waals surface area contributed by atoms with E-state index in [-0.39, 0.29) is 23.8 Å². The predicted octanol–water partition coefficient (Wildman–Crippen LogP) is 1.19. The minimum atomic E-state index is -0.467. The standard InChI is InChI=1S/C12H21NO4/c1-11(2,3)17-10(15)13-8-4-12(5-8)6-9(14)7-16-12/h8-9,14H,4-7H2,1-3H3,(H,13,15). The zero-order valence-corrected chi connectivity index (χ0v) is 10.7. The number of amides is 1. The van der Waals surface area contributed by atoms with Gasteiger partial charge >= 0.3 is 6.09 Å². The lowest BCUT2D eigenvalue weighted by Crippen LogP contribution is -2.55. The Bertz CT molecular complexity index is 304. The third-order valence-electron chi connectivity index (χ3n) is 3.15.